The van der Waals surface area contributed by atoms with Gasteiger partial charge in [0.2, 0.25) is 11.8 Å². The molecule has 1 saturated heterocycles. The number of carbonyl (C=O) groups is 4. The van der Waals surface area contributed by atoms with Crippen molar-refractivity contribution in [1.82, 2.24) is 16.0 Å². The van der Waals surface area contributed by atoms with Gasteiger partial charge < -0.3 is 25.8 Å². The third-order valence-corrected chi connectivity index (χ3v) is 8.32. The van der Waals surface area contributed by atoms with Crippen LogP contribution < -0.4 is 16.0 Å². The van der Waals surface area contributed by atoms with Crippen LogP contribution in [0.4, 0.5) is 4.79 Å². The molecule has 0 aromatic heterocycles. The highest BCUT2D eigenvalue weighted by molar-refractivity contribution is 5.93. The summed E-state index contributed by atoms with van der Waals surface area (Å²) in [6, 6.07) is 21.9. The highest BCUT2D eigenvalue weighted by Crippen LogP contribution is 2.23. The molecule has 0 spiro atoms. The molecule has 4 rings (SSSR count). The fourth-order valence-corrected chi connectivity index (χ4v) is 5.97. The molecule has 240 valence electrons. The smallest absolute Gasteiger partial charge is 0.407 e. The van der Waals surface area contributed by atoms with Gasteiger partial charge in [-0.3, -0.25) is 14.4 Å². The van der Waals surface area contributed by atoms with Crippen molar-refractivity contribution in [2.24, 2.45) is 17.8 Å². The van der Waals surface area contributed by atoms with E-state index in [1.807, 2.05) is 86.6 Å². The van der Waals surface area contributed by atoms with Crippen LogP contribution in [0.1, 0.15) is 50.7 Å². The Morgan fingerprint density at radius 2 is 1.71 bits per heavy atom. The first-order valence-corrected chi connectivity index (χ1v) is 15.9. The molecule has 1 fully saturated rings. The van der Waals surface area contributed by atoms with Crippen molar-refractivity contribution < 1.29 is 29.0 Å². The zero-order chi connectivity index (χ0) is 32.2. The minimum atomic E-state index is -0.918. The van der Waals surface area contributed by atoms with Gasteiger partial charge in [-0.15, -0.1) is 0 Å². The van der Waals surface area contributed by atoms with E-state index in [1.54, 1.807) is 0 Å². The maximum Gasteiger partial charge on any atom is 0.407 e. The average molecular weight is 616 g/mol. The number of Topliss-reactive ketones (excluding diaryl/α,β-unsaturated/α-hetero) is 1. The molecule has 4 N–H and O–H groups in total. The molecule has 0 aliphatic carbocycles. The molecule has 1 heterocycles. The second-order valence-electron chi connectivity index (χ2n) is 12.3. The van der Waals surface area contributed by atoms with E-state index in [9.17, 15) is 24.3 Å². The highest BCUT2D eigenvalue weighted by Gasteiger charge is 2.32. The molecule has 4 atom stereocenters. The molecule has 0 radical (unpaired) electrons. The Labute approximate surface area is 265 Å². The predicted octanol–water partition coefficient (Wildman–Crippen LogP) is 4.34. The molecule has 0 bridgehead atoms. The number of alkyl carbamates (subject to hydrolysis) is 1. The predicted molar refractivity (Wildman–Crippen MR) is 173 cm³/mol. The van der Waals surface area contributed by atoms with E-state index in [0.29, 0.717) is 32.2 Å². The van der Waals surface area contributed by atoms with E-state index < -0.39 is 24.1 Å². The van der Waals surface area contributed by atoms with Crippen LogP contribution in [0.2, 0.25) is 0 Å². The lowest BCUT2D eigenvalue weighted by molar-refractivity contribution is -0.131. The van der Waals surface area contributed by atoms with Crippen LogP contribution in [0, 0.1) is 17.8 Å². The Bertz CT molecular complexity index is 1440. The number of hydrogen-bond acceptors (Lipinski definition) is 6. The zero-order valence-electron chi connectivity index (χ0n) is 26.2. The number of hydrogen-bond donors (Lipinski definition) is 4. The second kappa shape index (κ2) is 16.7. The molecule has 1 aliphatic rings. The van der Waals surface area contributed by atoms with Crippen LogP contribution in [0.3, 0.4) is 0 Å². The summed E-state index contributed by atoms with van der Waals surface area (Å²) in [5, 5.41) is 20.4. The summed E-state index contributed by atoms with van der Waals surface area (Å²) in [4.78, 5) is 52.5. The summed E-state index contributed by atoms with van der Waals surface area (Å²) in [6.45, 7) is 4.39. The summed E-state index contributed by atoms with van der Waals surface area (Å²) in [5.41, 5.74) is 1.93. The molecule has 0 unspecified atom stereocenters. The van der Waals surface area contributed by atoms with Crippen molar-refractivity contribution in [3.63, 3.8) is 0 Å². The second-order valence-corrected chi connectivity index (χ2v) is 12.3. The van der Waals surface area contributed by atoms with Gasteiger partial charge in [-0.2, -0.15) is 0 Å². The van der Waals surface area contributed by atoms with E-state index in [-0.39, 0.29) is 55.5 Å². The van der Waals surface area contributed by atoms with Crippen molar-refractivity contribution in [3.8, 4) is 0 Å². The maximum absolute atomic E-state index is 13.9. The number of benzene rings is 3. The fourth-order valence-electron chi connectivity index (χ4n) is 5.97. The van der Waals surface area contributed by atoms with Crippen LogP contribution in [-0.2, 0) is 32.0 Å². The molecular weight excluding hydrogens is 570 g/mol. The number of ketones is 1. The van der Waals surface area contributed by atoms with Gasteiger partial charge in [0.05, 0.1) is 25.3 Å². The monoisotopic (exact) mass is 615 g/mol. The minimum Gasteiger partial charge on any atom is -0.449 e. The lowest BCUT2D eigenvalue weighted by Gasteiger charge is -2.25. The summed E-state index contributed by atoms with van der Waals surface area (Å²) >= 11 is 0. The van der Waals surface area contributed by atoms with Gasteiger partial charge in [0.15, 0.2) is 5.78 Å². The Balaban J connectivity index is 1.48. The standard InChI is InChI=1S/C36H45N3O6/c1-24(2)19-29(35(43)38-30(23-40)20-28-15-17-37-34(28)42)22-33(41)32(21-27-13-8-12-26-11-6-7-14-31(26)27)39-36(44)45-18-16-25-9-4-3-5-10-25/h3-14,24,28-30,32,40H,15-23H2,1-2H3,(H,37,42)(H,38,43)(H,39,44)/t28-,29+,30-,32-/m0/s1. The normalized spacial score (nSPS) is 16.5. The summed E-state index contributed by atoms with van der Waals surface area (Å²) in [5.74, 6) is -1.52. The number of carbonyl (C=O) groups excluding carboxylic acids is 4. The van der Waals surface area contributed by atoms with E-state index in [4.69, 9.17) is 4.74 Å². The van der Waals surface area contributed by atoms with Crippen molar-refractivity contribution in [2.75, 3.05) is 19.8 Å². The van der Waals surface area contributed by atoms with Gasteiger partial charge in [-0.05, 0) is 47.1 Å². The van der Waals surface area contributed by atoms with Crippen molar-refractivity contribution in [1.29, 1.82) is 0 Å². The van der Waals surface area contributed by atoms with E-state index >= 15 is 0 Å². The summed E-state index contributed by atoms with van der Waals surface area (Å²) in [7, 11) is 0. The SMILES string of the molecule is CC(C)C[C@H](CC(=O)[C@H](Cc1cccc2ccccc12)NC(=O)OCCc1ccccc1)C(=O)N[C@H](CO)C[C@@H]1CCNC1=O. The Morgan fingerprint density at radius 3 is 2.42 bits per heavy atom. The van der Waals surface area contributed by atoms with Gasteiger partial charge in [0.25, 0.3) is 0 Å². The quantitative estimate of drug-likeness (QED) is 0.189. The number of fused-ring (bicyclic) bond motifs is 1. The van der Waals surface area contributed by atoms with Gasteiger partial charge in [-0.25, -0.2) is 4.79 Å². The first-order valence-electron chi connectivity index (χ1n) is 15.9. The fraction of sp³-hybridized carbons (Fsp3) is 0.444. The van der Waals surface area contributed by atoms with Gasteiger partial charge in [0, 0.05) is 37.6 Å². The third-order valence-electron chi connectivity index (χ3n) is 8.32. The highest BCUT2D eigenvalue weighted by atomic mass is 16.5. The molecular formula is C36H45N3O6. The van der Waals surface area contributed by atoms with Crippen LogP contribution in [0.5, 0.6) is 0 Å². The molecule has 9 nitrogen and oxygen atoms in total. The number of rotatable bonds is 16. The number of aliphatic hydroxyl groups excluding tert-OH is 1. The Morgan fingerprint density at radius 1 is 0.978 bits per heavy atom. The lowest BCUT2D eigenvalue weighted by Crippen LogP contribution is -2.46. The minimum absolute atomic E-state index is 0.0744. The molecule has 3 aromatic carbocycles. The molecule has 3 amide bonds. The topological polar surface area (TPSA) is 134 Å². The molecule has 45 heavy (non-hydrogen) atoms. The first-order chi connectivity index (χ1) is 21.7. The molecule has 1 aliphatic heterocycles. The van der Waals surface area contributed by atoms with Crippen molar-refractivity contribution in [2.45, 2.75) is 64.5 Å². The van der Waals surface area contributed by atoms with Crippen molar-refractivity contribution >= 4 is 34.5 Å². The number of nitrogens with one attached hydrogen (secondary N) is 3. The van der Waals surface area contributed by atoms with E-state index in [2.05, 4.69) is 16.0 Å². The van der Waals surface area contributed by atoms with Crippen LogP contribution >= 0.6 is 0 Å². The summed E-state index contributed by atoms with van der Waals surface area (Å²) in [6.07, 6.45) is 1.43. The number of aliphatic hydroxyl groups is 1. The zero-order valence-corrected chi connectivity index (χ0v) is 26.2. The van der Waals surface area contributed by atoms with E-state index in [0.717, 1.165) is 21.9 Å². The largest absolute Gasteiger partial charge is 0.449 e. The Kier molecular flexibility index (Phi) is 12.5. The first kappa shape index (κ1) is 33.6. The molecule has 3 aromatic rings. The number of ether oxygens (including phenoxy) is 1. The van der Waals surface area contributed by atoms with Crippen molar-refractivity contribution in [3.05, 3.63) is 83.9 Å². The lowest BCUT2D eigenvalue weighted by atomic mass is 9.87. The van der Waals surface area contributed by atoms with Crippen LogP contribution in [-0.4, -0.2) is 60.6 Å². The van der Waals surface area contributed by atoms with Gasteiger partial charge in [0.1, 0.15) is 0 Å². The number of amides is 3. The molecule has 0 saturated carbocycles. The van der Waals surface area contributed by atoms with E-state index in [1.165, 1.54) is 0 Å². The summed E-state index contributed by atoms with van der Waals surface area (Å²) < 4.78 is 5.47. The van der Waals surface area contributed by atoms with Crippen LogP contribution in [0.15, 0.2) is 72.8 Å². The molecule has 9 heteroatoms. The average Bonchev–Trinajstić information content (AvgIpc) is 3.44. The maximum atomic E-state index is 13.9. The van der Waals surface area contributed by atoms with Crippen LogP contribution in [0.25, 0.3) is 10.8 Å². The van der Waals surface area contributed by atoms with Gasteiger partial charge >= 0.3 is 6.09 Å². The van der Waals surface area contributed by atoms with Gasteiger partial charge in [-0.1, -0.05) is 86.6 Å². The Hall–Kier alpha value is -4.24. The third kappa shape index (κ3) is 10.1.